The van der Waals surface area contributed by atoms with Crippen LogP contribution in [0.5, 0.6) is 0 Å². The summed E-state index contributed by atoms with van der Waals surface area (Å²) in [6.45, 7) is 12.7. The van der Waals surface area contributed by atoms with Crippen molar-refractivity contribution in [1.29, 1.82) is 0 Å². The van der Waals surface area contributed by atoms with E-state index in [1.54, 1.807) is 4.90 Å². The number of hydrogen-bond donors (Lipinski definition) is 1. The van der Waals surface area contributed by atoms with Crippen molar-refractivity contribution >= 4 is 5.82 Å². The van der Waals surface area contributed by atoms with Crippen LogP contribution in [0.4, 0.5) is 5.82 Å². The van der Waals surface area contributed by atoms with Gasteiger partial charge in [-0.3, -0.25) is 4.90 Å². The van der Waals surface area contributed by atoms with Gasteiger partial charge in [0.25, 0.3) is 0 Å². The highest BCUT2D eigenvalue weighted by Crippen LogP contribution is 2.32. The van der Waals surface area contributed by atoms with Gasteiger partial charge in [-0.2, -0.15) is 0 Å². The van der Waals surface area contributed by atoms with Gasteiger partial charge in [0.2, 0.25) is 0 Å². The first-order chi connectivity index (χ1) is 9.77. The normalized spacial score (nSPS) is 23.0. The van der Waals surface area contributed by atoms with Crippen LogP contribution in [0.2, 0.25) is 0 Å². The SMILES string of the molecule is C=C1N(C)C(OCC)C(O)N1c1cc(C(C)(C)C)ncn1. The summed E-state index contributed by atoms with van der Waals surface area (Å²) < 4.78 is 5.58. The van der Waals surface area contributed by atoms with Crippen LogP contribution in [0, 0.1) is 0 Å². The number of anilines is 1. The maximum atomic E-state index is 10.5. The third kappa shape index (κ3) is 2.87. The quantitative estimate of drug-likeness (QED) is 0.914. The maximum Gasteiger partial charge on any atom is 0.179 e. The molecule has 1 aliphatic heterocycles. The molecule has 0 saturated carbocycles. The number of likely N-dealkylation sites (N-methyl/N-ethyl adjacent to an activating group) is 1. The van der Waals surface area contributed by atoms with Gasteiger partial charge in [0.15, 0.2) is 12.5 Å². The minimum Gasteiger partial charge on any atom is -0.369 e. The Balaban J connectivity index is 2.36. The zero-order chi connectivity index (χ0) is 15.8. The molecule has 1 saturated heterocycles. The topological polar surface area (TPSA) is 61.7 Å². The molecule has 1 aromatic heterocycles. The van der Waals surface area contributed by atoms with Crippen LogP contribution >= 0.6 is 0 Å². The van der Waals surface area contributed by atoms with Crippen LogP contribution in [0.3, 0.4) is 0 Å². The van der Waals surface area contributed by atoms with E-state index in [1.807, 2.05) is 24.9 Å². The summed E-state index contributed by atoms with van der Waals surface area (Å²) in [5.41, 5.74) is 0.824. The van der Waals surface area contributed by atoms with Crippen molar-refractivity contribution in [3.8, 4) is 0 Å². The number of aromatic nitrogens is 2. The van der Waals surface area contributed by atoms with Crippen molar-refractivity contribution in [2.45, 2.75) is 45.6 Å². The van der Waals surface area contributed by atoms with Crippen molar-refractivity contribution in [2.24, 2.45) is 0 Å². The van der Waals surface area contributed by atoms with Crippen LogP contribution < -0.4 is 4.90 Å². The highest BCUT2D eigenvalue weighted by molar-refractivity contribution is 5.49. The second-order valence-corrected chi connectivity index (χ2v) is 6.17. The maximum absolute atomic E-state index is 10.5. The molecule has 2 rings (SSSR count). The Kier molecular flexibility index (Phi) is 4.20. The molecule has 1 N–H and O–H groups in total. The average Bonchev–Trinajstić information content (AvgIpc) is 2.62. The van der Waals surface area contributed by atoms with Crippen molar-refractivity contribution in [3.63, 3.8) is 0 Å². The average molecular weight is 292 g/mol. The lowest BCUT2D eigenvalue weighted by molar-refractivity contribution is -0.0708. The van der Waals surface area contributed by atoms with Gasteiger partial charge in [-0.15, -0.1) is 0 Å². The monoisotopic (exact) mass is 292 g/mol. The standard InChI is InChI=1S/C15H24N4O2/c1-7-21-14-13(20)19(10(2)18(14)6)12-8-11(15(3,4)5)16-9-17-12/h8-9,13-14,20H,2,7H2,1,3-6H3. The van der Waals surface area contributed by atoms with E-state index in [1.165, 1.54) is 6.33 Å². The van der Waals surface area contributed by atoms with Crippen molar-refractivity contribution in [2.75, 3.05) is 18.6 Å². The molecule has 1 fully saturated rings. The lowest BCUT2D eigenvalue weighted by Crippen LogP contribution is -2.38. The van der Waals surface area contributed by atoms with Gasteiger partial charge in [0.05, 0.1) is 5.69 Å². The second-order valence-electron chi connectivity index (χ2n) is 6.17. The summed E-state index contributed by atoms with van der Waals surface area (Å²) in [7, 11) is 1.84. The summed E-state index contributed by atoms with van der Waals surface area (Å²) in [6.07, 6.45) is 0.227. The van der Waals surface area contributed by atoms with E-state index in [0.717, 1.165) is 5.69 Å². The number of aliphatic hydroxyl groups is 1. The van der Waals surface area contributed by atoms with Crippen LogP contribution in [0.15, 0.2) is 24.8 Å². The van der Waals surface area contributed by atoms with E-state index >= 15 is 0 Å². The molecule has 0 aromatic carbocycles. The lowest BCUT2D eigenvalue weighted by Gasteiger charge is -2.24. The first kappa shape index (κ1) is 15.7. The van der Waals surface area contributed by atoms with Crippen molar-refractivity contribution in [3.05, 3.63) is 30.5 Å². The molecule has 0 radical (unpaired) electrons. The van der Waals surface area contributed by atoms with Crippen LogP contribution in [-0.4, -0.2) is 46.1 Å². The zero-order valence-electron chi connectivity index (χ0n) is 13.4. The number of nitrogens with zero attached hydrogens (tertiary/aromatic N) is 4. The Morgan fingerprint density at radius 1 is 1.38 bits per heavy atom. The molecule has 2 heterocycles. The zero-order valence-corrected chi connectivity index (χ0v) is 13.4. The largest absolute Gasteiger partial charge is 0.369 e. The first-order valence-electron chi connectivity index (χ1n) is 7.10. The highest BCUT2D eigenvalue weighted by atomic mass is 16.5. The predicted octanol–water partition coefficient (Wildman–Crippen LogP) is 1.68. The first-order valence-corrected chi connectivity index (χ1v) is 7.10. The molecule has 0 spiro atoms. The van der Waals surface area contributed by atoms with Crippen LogP contribution in [0.1, 0.15) is 33.4 Å². The Morgan fingerprint density at radius 2 is 2.05 bits per heavy atom. The smallest absolute Gasteiger partial charge is 0.179 e. The van der Waals surface area contributed by atoms with E-state index in [9.17, 15) is 5.11 Å². The number of hydrogen-bond acceptors (Lipinski definition) is 6. The van der Waals surface area contributed by atoms with E-state index < -0.39 is 12.5 Å². The summed E-state index contributed by atoms with van der Waals surface area (Å²) in [6, 6.07) is 1.89. The molecular weight excluding hydrogens is 268 g/mol. The van der Waals surface area contributed by atoms with Gasteiger partial charge in [0, 0.05) is 25.1 Å². The van der Waals surface area contributed by atoms with Gasteiger partial charge < -0.3 is 14.7 Å². The number of ether oxygens (including phenoxy) is 1. The minimum atomic E-state index is -0.842. The summed E-state index contributed by atoms with van der Waals surface area (Å²) in [5, 5.41) is 10.5. The third-order valence-electron chi connectivity index (χ3n) is 3.59. The Morgan fingerprint density at radius 3 is 2.62 bits per heavy atom. The summed E-state index contributed by atoms with van der Waals surface area (Å²) in [4.78, 5) is 12.1. The van der Waals surface area contributed by atoms with E-state index in [2.05, 4.69) is 37.3 Å². The predicted molar refractivity (Wildman–Crippen MR) is 81.5 cm³/mol. The molecule has 2 atom stereocenters. The molecular formula is C15H24N4O2. The molecule has 2 unspecified atom stereocenters. The fourth-order valence-corrected chi connectivity index (χ4v) is 2.32. The van der Waals surface area contributed by atoms with Crippen LogP contribution in [0.25, 0.3) is 0 Å². The number of aliphatic hydroxyl groups excluding tert-OH is 1. The fraction of sp³-hybridized carbons (Fsp3) is 0.600. The number of rotatable bonds is 3. The molecule has 1 aromatic rings. The van der Waals surface area contributed by atoms with Gasteiger partial charge in [0.1, 0.15) is 18.0 Å². The Labute approximate surface area is 126 Å². The third-order valence-corrected chi connectivity index (χ3v) is 3.59. The van der Waals surface area contributed by atoms with Crippen molar-refractivity contribution < 1.29 is 9.84 Å². The molecule has 0 aliphatic carbocycles. The van der Waals surface area contributed by atoms with Gasteiger partial charge >= 0.3 is 0 Å². The summed E-state index contributed by atoms with van der Waals surface area (Å²) in [5.74, 6) is 1.28. The van der Waals surface area contributed by atoms with E-state index in [4.69, 9.17) is 4.74 Å². The molecule has 21 heavy (non-hydrogen) atoms. The second kappa shape index (κ2) is 5.61. The van der Waals surface area contributed by atoms with Gasteiger partial charge in [-0.25, -0.2) is 9.97 Å². The Bertz CT molecular complexity index is 527. The van der Waals surface area contributed by atoms with Crippen LogP contribution in [-0.2, 0) is 10.2 Å². The summed E-state index contributed by atoms with van der Waals surface area (Å²) >= 11 is 0. The molecule has 0 bridgehead atoms. The fourth-order valence-electron chi connectivity index (χ4n) is 2.32. The van der Waals surface area contributed by atoms with Gasteiger partial charge in [-0.05, 0) is 6.92 Å². The van der Waals surface area contributed by atoms with E-state index in [0.29, 0.717) is 18.2 Å². The molecule has 6 heteroatoms. The molecule has 1 aliphatic rings. The molecule has 6 nitrogen and oxygen atoms in total. The van der Waals surface area contributed by atoms with Crippen molar-refractivity contribution in [1.82, 2.24) is 14.9 Å². The molecule has 116 valence electrons. The van der Waals surface area contributed by atoms with E-state index in [-0.39, 0.29) is 5.41 Å². The van der Waals surface area contributed by atoms with Gasteiger partial charge in [-0.1, -0.05) is 27.4 Å². The Hall–Kier alpha value is -1.66. The highest BCUT2D eigenvalue weighted by Gasteiger charge is 2.41. The minimum absolute atomic E-state index is 0.0884. The molecule has 0 amide bonds. The lowest BCUT2D eigenvalue weighted by atomic mass is 9.92.